The molecule has 0 aliphatic rings. The Labute approximate surface area is 136 Å². The van der Waals surface area contributed by atoms with Gasteiger partial charge in [-0.15, -0.1) is 0 Å². The highest BCUT2D eigenvalue weighted by Crippen LogP contribution is 2.54. The zero-order valence-electron chi connectivity index (χ0n) is 11.4. The molecule has 1 atom stereocenters. The van der Waals surface area contributed by atoms with Crippen molar-refractivity contribution < 1.29 is 64.1 Å². The van der Waals surface area contributed by atoms with Crippen molar-refractivity contribution in [3.8, 4) is 0 Å². The Morgan fingerprint density at radius 2 is 1.32 bits per heavy atom. The molecule has 0 bridgehead atoms. The SMILES string of the molecule is O=C(CCC(F)(F)C(F)(F)C(F)(F)C(F)(F)F)SC(=O)C(O)C(=O)O. The van der Waals surface area contributed by atoms with Crippen molar-refractivity contribution >= 4 is 28.0 Å². The first-order chi connectivity index (χ1) is 10.9. The smallest absolute Gasteiger partial charge is 0.460 e. The van der Waals surface area contributed by atoms with E-state index in [4.69, 9.17) is 10.2 Å². The molecule has 0 aliphatic carbocycles. The van der Waals surface area contributed by atoms with Gasteiger partial charge in [0, 0.05) is 12.8 Å². The molecule has 1 unspecified atom stereocenters. The van der Waals surface area contributed by atoms with Crippen LogP contribution in [0.5, 0.6) is 0 Å². The van der Waals surface area contributed by atoms with Crippen LogP contribution in [0.4, 0.5) is 39.5 Å². The highest BCUT2D eigenvalue weighted by atomic mass is 32.2. The van der Waals surface area contributed by atoms with Gasteiger partial charge in [0.1, 0.15) is 0 Å². The van der Waals surface area contributed by atoms with Gasteiger partial charge in [-0.3, -0.25) is 9.59 Å². The second-order valence-corrected chi connectivity index (χ2v) is 5.45. The Bertz CT molecular complexity index is 545. The normalized spacial score (nSPS) is 15.0. The molecular weight excluding hydrogens is 403 g/mol. The van der Waals surface area contributed by atoms with Crippen LogP contribution >= 0.6 is 11.8 Å². The minimum Gasteiger partial charge on any atom is -0.479 e. The maximum absolute atomic E-state index is 13.1. The first-order valence-corrected chi connectivity index (χ1v) is 6.55. The van der Waals surface area contributed by atoms with Gasteiger partial charge < -0.3 is 10.2 Å². The van der Waals surface area contributed by atoms with E-state index in [0.29, 0.717) is 0 Å². The van der Waals surface area contributed by atoms with Crippen LogP contribution in [-0.2, 0) is 14.4 Å². The number of hydrogen-bond donors (Lipinski definition) is 2. The second kappa shape index (κ2) is 7.39. The van der Waals surface area contributed by atoms with Crippen LogP contribution in [0.25, 0.3) is 0 Å². The number of rotatable bonds is 7. The molecular formula is C10H7F9O5S. The molecule has 0 aromatic heterocycles. The Kier molecular flexibility index (Phi) is 6.94. The van der Waals surface area contributed by atoms with Crippen LogP contribution in [0.3, 0.4) is 0 Å². The maximum atomic E-state index is 13.1. The molecule has 0 aliphatic heterocycles. The summed E-state index contributed by atoms with van der Waals surface area (Å²) in [7, 11) is 0. The number of aliphatic hydroxyl groups is 1. The van der Waals surface area contributed by atoms with Gasteiger partial charge in [-0.2, -0.15) is 39.5 Å². The summed E-state index contributed by atoms with van der Waals surface area (Å²) in [5, 5.41) is 13.3. The number of carbonyl (C=O) groups excluding carboxylic acids is 2. The van der Waals surface area contributed by atoms with Crippen LogP contribution in [0.2, 0.25) is 0 Å². The number of carbonyl (C=O) groups is 3. The summed E-state index contributed by atoms with van der Waals surface area (Å²) in [6, 6.07) is 0. The molecule has 0 rings (SSSR count). The van der Waals surface area contributed by atoms with E-state index in [0.717, 1.165) is 0 Å². The average Bonchev–Trinajstić information content (AvgIpc) is 2.42. The first-order valence-electron chi connectivity index (χ1n) is 5.74. The standard InChI is InChI=1S/C10H7F9O5S/c11-7(12,8(13,14)9(15,16)10(17,18)19)2-1-3(20)25-6(24)4(21)5(22)23/h4,21H,1-2H2,(H,22,23). The zero-order chi connectivity index (χ0) is 20.4. The molecule has 0 fully saturated rings. The number of thioether (sulfide) groups is 1. The molecule has 0 spiro atoms. The molecule has 0 amide bonds. The lowest BCUT2D eigenvalue weighted by Crippen LogP contribution is -2.60. The van der Waals surface area contributed by atoms with E-state index in [9.17, 15) is 53.9 Å². The quantitative estimate of drug-likeness (QED) is 0.495. The van der Waals surface area contributed by atoms with Crippen molar-refractivity contribution in [1.82, 2.24) is 0 Å². The molecule has 0 radical (unpaired) electrons. The molecule has 25 heavy (non-hydrogen) atoms. The lowest BCUT2D eigenvalue weighted by Gasteiger charge is -2.33. The van der Waals surface area contributed by atoms with Gasteiger partial charge in [0.15, 0.2) is 5.12 Å². The van der Waals surface area contributed by atoms with Crippen LogP contribution in [0.1, 0.15) is 12.8 Å². The van der Waals surface area contributed by atoms with Crippen LogP contribution in [0, 0.1) is 0 Å². The van der Waals surface area contributed by atoms with E-state index in [1.54, 1.807) is 0 Å². The van der Waals surface area contributed by atoms with Gasteiger partial charge >= 0.3 is 29.9 Å². The van der Waals surface area contributed by atoms with Crippen molar-refractivity contribution in [2.45, 2.75) is 42.9 Å². The zero-order valence-corrected chi connectivity index (χ0v) is 12.2. The fourth-order valence-corrected chi connectivity index (χ4v) is 1.78. The van der Waals surface area contributed by atoms with E-state index < -0.39 is 70.9 Å². The minimum absolute atomic E-state index is 0.696. The van der Waals surface area contributed by atoms with Crippen LogP contribution in [0.15, 0.2) is 0 Å². The molecule has 0 heterocycles. The summed E-state index contributed by atoms with van der Waals surface area (Å²) >= 11 is -0.696. The number of carboxylic acids is 1. The van der Waals surface area contributed by atoms with Crippen LogP contribution in [-0.4, -0.2) is 56.5 Å². The molecule has 5 nitrogen and oxygen atoms in total. The lowest BCUT2D eigenvalue weighted by atomic mass is 10.00. The summed E-state index contributed by atoms with van der Waals surface area (Å²) in [4.78, 5) is 32.1. The summed E-state index contributed by atoms with van der Waals surface area (Å²) < 4.78 is 113. The van der Waals surface area contributed by atoms with E-state index >= 15 is 0 Å². The fourth-order valence-electron chi connectivity index (χ4n) is 1.14. The summed E-state index contributed by atoms with van der Waals surface area (Å²) in [6.45, 7) is 0. The number of aliphatic hydroxyl groups excluding tert-OH is 1. The number of hydrogen-bond acceptors (Lipinski definition) is 5. The molecule has 0 saturated heterocycles. The minimum atomic E-state index is -7.10. The predicted molar refractivity (Wildman–Crippen MR) is 61.4 cm³/mol. The van der Waals surface area contributed by atoms with Crippen molar-refractivity contribution in [2.24, 2.45) is 0 Å². The third kappa shape index (κ3) is 4.99. The Hall–Kier alpha value is -1.51. The van der Waals surface area contributed by atoms with Crippen molar-refractivity contribution in [3.05, 3.63) is 0 Å². The molecule has 146 valence electrons. The second-order valence-electron chi connectivity index (χ2n) is 4.38. The summed E-state index contributed by atoms with van der Waals surface area (Å²) in [5.41, 5.74) is 0. The fraction of sp³-hybridized carbons (Fsp3) is 0.700. The first kappa shape index (κ1) is 23.5. The van der Waals surface area contributed by atoms with Crippen LogP contribution < -0.4 is 0 Å². The molecule has 15 heteroatoms. The summed E-state index contributed by atoms with van der Waals surface area (Å²) in [6.07, 6.45) is -14.0. The van der Waals surface area contributed by atoms with E-state index in [1.807, 2.05) is 0 Å². The largest absolute Gasteiger partial charge is 0.479 e. The van der Waals surface area contributed by atoms with Gasteiger partial charge in [-0.25, -0.2) is 4.79 Å². The number of aliphatic carboxylic acids is 1. The molecule has 0 saturated carbocycles. The van der Waals surface area contributed by atoms with Gasteiger partial charge in [-0.1, -0.05) is 0 Å². The third-order valence-corrected chi connectivity index (χ3v) is 3.38. The number of alkyl halides is 9. The van der Waals surface area contributed by atoms with Crippen molar-refractivity contribution in [3.63, 3.8) is 0 Å². The molecule has 0 aromatic carbocycles. The van der Waals surface area contributed by atoms with Crippen molar-refractivity contribution in [1.29, 1.82) is 0 Å². The number of carboxylic acid groups (broad SMARTS) is 1. The van der Waals surface area contributed by atoms with Crippen molar-refractivity contribution in [2.75, 3.05) is 0 Å². The predicted octanol–water partition coefficient (Wildman–Crippen LogP) is 2.47. The third-order valence-electron chi connectivity index (χ3n) is 2.52. The highest BCUT2D eigenvalue weighted by molar-refractivity contribution is 8.26. The average molecular weight is 410 g/mol. The van der Waals surface area contributed by atoms with Gasteiger partial charge in [0.25, 0.3) is 0 Å². The monoisotopic (exact) mass is 410 g/mol. The van der Waals surface area contributed by atoms with Gasteiger partial charge in [0.2, 0.25) is 11.2 Å². The maximum Gasteiger partial charge on any atom is 0.460 e. The van der Waals surface area contributed by atoms with E-state index in [-0.39, 0.29) is 0 Å². The Balaban J connectivity index is 5.07. The molecule has 2 N–H and O–H groups in total. The Morgan fingerprint density at radius 3 is 1.68 bits per heavy atom. The van der Waals surface area contributed by atoms with E-state index in [2.05, 4.69) is 0 Å². The van der Waals surface area contributed by atoms with E-state index in [1.165, 1.54) is 0 Å². The van der Waals surface area contributed by atoms with Gasteiger partial charge in [0.05, 0.1) is 0 Å². The lowest BCUT2D eigenvalue weighted by molar-refractivity contribution is -0.396. The topological polar surface area (TPSA) is 91.7 Å². The highest BCUT2D eigenvalue weighted by Gasteiger charge is 2.81. The Morgan fingerprint density at radius 1 is 0.880 bits per heavy atom. The number of halogens is 9. The summed E-state index contributed by atoms with van der Waals surface area (Å²) in [5.74, 6) is -22.1. The molecule has 0 aromatic rings. The van der Waals surface area contributed by atoms with Gasteiger partial charge in [-0.05, 0) is 11.8 Å².